The van der Waals surface area contributed by atoms with Gasteiger partial charge in [-0.05, 0) is 99.3 Å². The molecule has 2 aromatic rings. The van der Waals surface area contributed by atoms with Crippen molar-refractivity contribution in [1.29, 1.82) is 0 Å². The van der Waals surface area contributed by atoms with Crippen LogP contribution in [0.2, 0.25) is 18.1 Å². The molecule has 3 saturated carbocycles. The molecule has 2 bridgehead atoms. The first kappa shape index (κ1) is 52.4. The maximum Gasteiger partial charge on any atom is 0.407 e. The Morgan fingerprint density at radius 3 is 2.16 bits per heavy atom. The molecular weight excluding hydrogens is 923 g/mol. The van der Waals surface area contributed by atoms with E-state index >= 15 is 4.79 Å². The molecule has 0 spiro atoms. The summed E-state index contributed by atoms with van der Waals surface area (Å²) < 4.78 is 45.3. The quantitative estimate of drug-likeness (QED) is 0.0700. The number of ether oxygens (including phenoxy) is 6. The fourth-order valence-corrected chi connectivity index (χ4v) is 16.0. The van der Waals surface area contributed by atoms with Crippen molar-refractivity contribution in [3.63, 3.8) is 0 Å². The Balaban J connectivity index is 1.43. The van der Waals surface area contributed by atoms with Crippen LogP contribution in [0.15, 0.2) is 59.0 Å². The van der Waals surface area contributed by atoms with Crippen molar-refractivity contribution in [2.45, 2.75) is 186 Å². The molecule has 1 saturated heterocycles. The standard InChI is InChI=1S/C52H71NO14SSi/c1-11-39(55)64-42-40-30(5)35(63-46(57)31(6)41(36-25-20-26-68-36)53-48(59)62-34-23-18-19-24-34)28-52(60,49(40,8)9)45(65-47(58)33-21-16-15-17-22-33)43-50(10,44(42)56)37(67-69(12-2,13-3)14-4)27-38-51(43,29-61-38)66-32(7)54/h15-17,20-22,25-26,31,34-35,37-38,41-43,45,60H,11-14,18-19,23-24,27-29H2,1-10H3,(H,53,59)/t31-,35+,37+,38-,41-,42-,43?,45?,50-,51+,52-/m1/s1. The van der Waals surface area contributed by atoms with E-state index in [9.17, 15) is 29.1 Å². The number of thiophene rings is 1. The Labute approximate surface area is 410 Å². The number of fused-ring (bicyclic) bond motifs is 5. The lowest BCUT2D eigenvalue weighted by molar-refractivity contribution is -0.344. The van der Waals surface area contributed by atoms with Crippen molar-refractivity contribution in [3.8, 4) is 0 Å². The average Bonchev–Trinajstić information content (AvgIpc) is 4.06. The van der Waals surface area contributed by atoms with Gasteiger partial charge in [0.2, 0.25) is 0 Å². The smallest absolute Gasteiger partial charge is 0.407 e. The SMILES string of the molecule is CCC(=O)O[C@H]1C(=O)[C@@]2(C)C(C(OC(=O)c3ccccc3)[C@]3(O)C[C@H](OC(=O)[C@H](C)[C@@H](NC(=O)OC4CCCC4)c4cccs4)C(C)=C1C3(C)C)[C@]1(OC(C)=O)CO[C@@H]1C[C@@H]2O[Si](CC)(CC)CC. The molecule has 1 aromatic heterocycles. The van der Waals surface area contributed by atoms with Gasteiger partial charge in [0.1, 0.15) is 30.0 Å². The van der Waals surface area contributed by atoms with Crippen LogP contribution < -0.4 is 5.32 Å². The van der Waals surface area contributed by atoms with Crippen LogP contribution in [-0.2, 0) is 52.0 Å². The third-order valence-electron chi connectivity index (χ3n) is 16.6. The molecule has 4 fully saturated rings. The Hall–Kier alpha value is -4.42. The number of hydrogen-bond donors (Lipinski definition) is 2. The van der Waals surface area contributed by atoms with Crippen LogP contribution in [0.25, 0.3) is 0 Å². The zero-order valence-corrected chi connectivity index (χ0v) is 43.6. The van der Waals surface area contributed by atoms with Crippen molar-refractivity contribution in [2.24, 2.45) is 22.7 Å². The van der Waals surface area contributed by atoms with Crippen molar-refractivity contribution < 1.29 is 66.7 Å². The number of carbonyl (C=O) groups is 6. The highest BCUT2D eigenvalue weighted by atomic mass is 32.1. The van der Waals surface area contributed by atoms with Gasteiger partial charge in [0.25, 0.3) is 0 Å². The number of carbonyl (C=O) groups excluding carboxylic acids is 6. The summed E-state index contributed by atoms with van der Waals surface area (Å²) in [6.45, 7) is 17.2. The molecule has 1 aliphatic heterocycles. The second-order valence-electron chi connectivity index (χ2n) is 20.5. The highest BCUT2D eigenvalue weighted by molar-refractivity contribution is 7.10. The third-order valence-corrected chi connectivity index (χ3v) is 22.2. The first-order chi connectivity index (χ1) is 32.7. The maximum absolute atomic E-state index is 16.5. The summed E-state index contributed by atoms with van der Waals surface area (Å²) in [5.74, 6) is -5.93. The van der Waals surface area contributed by atoms with Crippen LogP contribution >= 0.6 is 11.3 Å². The normalized spacial score (nSPS) is 31.6. The van der Waals surface area contributed by atoms with Gasteiger partial charge in [-0.2, -0.15) is 0 Å². The minimum atomic E-state index is -2.61. The number of benzene rings is 1. The summed E-state index contributed by atoms with van der Waals surface area (Å²) in [5, 5.41) is 18.9. The first-order valence-corrected chi connectivity index (χ1v) is 28.2. The number of hydrogen-bond acceptors (Lipinski definition) is 15. The Morgan fingerprint density at radius 1 is 0.928 bits per heavy atom. The largest absolute Gasteiger partial charge is 0.457 e. The molecule has 2 heterocycles. The minimum absolute atomic E-state index is 0.0980. The van der Waals surface area contributed by atoms with Crippen LogP contribution in [0.3, 0.4) is 0 Å². The number of aliphatic hydroxyl groups is 1. The van der Waals surface area contributed by atoms with Gasteiger partial charge in [-0.1, -0.05) is 65.8 Å². The van der Waals surface area contributed by atoms with E-state index in [0.29, 0.717) is 28.6 Å². The fourth-order valence-electron chi connectivity index (χ4n) is 12.1. The van der Waals surface area contributed by atoms with Crippen LogP contribution in [0.5, 0.6) is 0 Å². The molecule has 11 atom stereocenters. The van der Waals surface area contributed by atoms with Gasteiger partial charge in [0.15, 0.2) is 25.8 Å². The van der Waals surface area contributed by atoms with Crippen LogP contribution in [0.4, 0.5) is 4.79 Å². The van der Waals surface area contributed by atoms with E-state index in [4.69, 9.17) is 32.8 Å². The molecule has 69 heavy (non-hydrogen) atoms. The van der Waals surface area contributed by atoms with Crippen molar-refractivity contribution in [3.05, 3.63) is 69.4 Å². The predicted octanol–water partition coefficient (Wildman–Crippen LogP) is 8.73. The van der Waals surface area contributed by atoms with Gasteiger partial charge < -0.3 is 43.3 Å². The zero-order valence-electron chi connectivity index (χ0n) is 41.8. The van der Waals surface area contributed by atoms with E-state index in [1.807, 2.05) is 11.4 Å². The Bertz CT molecular complexity index is 2270. The van der Waals surface area contributed by atoms with E-state index in [2.05, 4.69) is 26.1 Å². The van der Waals surface area contributed by atoms with Gasteiger partial charge in [-0.15, -0.1) is 11.3 Å². The summed E-state index contributed by atoms with van der Waals surface area (Å²) >= 11 is 1.35. The van der Waals surface area contributed by atoms with E-state index < -0.39 is 115 Å². The summed E-state index contributed by atoms with van der Waals surface area (Å²) in [7, 11) is -2.61. The highest BCUT2D eigenvalue weighted by Crippen LogP contribution is 2.65. The monoisotopic (exact) mass is 993 g/mol. The zero-order chi connectivity index (χ0) is 50.3. The lowest BCUT2D eigenvalue weighted by atomic mass is 9.44. The second kappa shape index (κ2) is 20.4. The number of esters is 4. The first-order valence-electron chi connectivity index (χ1n) is 24.8. The minimum Gasteiger partial charge on any atom is -0.457 e. The summed E-state index contributed by atoms with van der Waals surface area (Å²) in [4.78, 5) is 87.2. The van der Waals surface area contributed by atoms with Crippen molar-refractivity contribution in [2.75, 3.05) is 6.61 Å². The Kier molecular flexibility index (Phi) is 15.5. The maximum atomic E-state index is 16.5. The summed E-state index contributed by atoms with van der Waals surface area (Å²) in [6.07, 6.45) is -4.27. The van der Waals surface area contributed by atoms with E-state index in [1.165, 1.54) is 18.3 Å². The molecule has 15 nitrogen and oxygen atoms in total. The summed E-state index contributed by atoms with van der Waals surface area (Å²) in [5.41, 5.74) is -6.58. The highest BCUT2D eigenvalue weighted by Gasteiger charge is 2.79. The fraction of sp³-hybridized carbons (Fsp3) is 0.654. The van der Waals surface area contributed by atoms with Crippen LogP contribution in [0, 0.1) is 22.7 Å². The van der Waals surface area contributed by atoms with Gasteiger partial charge in [0.05, 0.1) is 41.6 Å². The molecule has 2 unspecified atom stereocenters. The molecule has 17 heteroatoms. The van der Waals surface area contributed by atoms with Crippen LogP contribution in [-0.4, -0.2) is 104 Å². The lowest BCUT2D eigenvalue weighted by Gasteiger charge is -2.68. The van der Waals surface area contributed by atoms with E-state index in [0.717, 1.165) is 25.7 Å². The lowest BCUT2D eigenvalue weighted by Crippen LogP contribution is -2.82. The molecule has 4 aliphatic carbocycles. The average molecular weight is 994 g/mol. The van der Waals surface area contributed by atoms with Crippen molar-refractivity contribution >= 4 is 55.4 Å². The van der Waals surface area contributed by atoms with E-state index in [-0.39, 0.29) is 43.1 Å². The second-order valence-corrected chi connectivity index (χ2v) is 26.2. The molecule has 1 aromatic carbocycles. The van der Waals surface area contributed by atoms with E-state index in [1.54, 1.807) is 77.9 Å². The number of alkyl carbamates (subject to hydrolysis) is 1. The van der Waals surface area contributed by atoms with Crippen molar-refractivity contribution in [1.82, 2.24) is 5.32 Å². The van der Waals surface area contributed by atoms with Gasteiger partial charge in [-0.25, -0.2) is 9.59 Å². The number of Topliss-reactive ketones (excluding diaryl/α,β-unsaturated/α-hetero) is 1. The molecule has 2 N–H and O–H groups in total. The summed E-state index contributed by atoms with van der Waals surface area (Å²) in [6, 6.07) is 13.1. The Morgan fingerprint density at radius 2 is 1.59 bits per heavy atom. The number of nitrogens with one attached hydrogen (secondary N) is 1. The van der Waals surface area contributed by atoms with Gasteiger partial charge in [0, 0.05) is 36.5 Å². The number of amides is 1. The number of ketones is 1. The molecule has 378 valence electrons. The molecular formula is C52H71NO14SSi. The predicted molar refractivity (Wildman–Crippen MR) is 257 cm³/mol. The molecule has 5 aliphatic rings. The molecule has 0 radical (unpaired) electrons. The van der Waals surface area contributed by atoms with Crippen LogP contribution in [0.1, 0.15) is 135 Å². The topological polar surface area (TPSA) is 199 Å². The molecule has 1 amide bonds. The number of rotatable bonds is 16. The molecule has 7 rings (SSSR count). The van der Waals surface area contributed by atoms with Gasteiger partial charge >= 0.3 is 30.0 Å². The van der Waals surface area contributed by atoms with Gasteiger partial charge in [-0.3, -0.25) is 19.2 Å². The third kappa shape index (κ3) is 9.35.